The molecule has 0 spiro atoms. The Morgan fingerprint density at radius 3 is 2.91 bits per heavy atom. The number of H-pyrrole nitrogens is 1. The first-order valence-corrected chi connectivity index (χ1v) is 7.39. The minimum Gasteiger partial charge on any atom is -0.372 e. The molecule has 0 unspecified atom stereocenters. The molecule has 2 aromatic carbocycles. The highest BCUT2D eigenvalue weighted by atomic mass is 35.5. The van der Waals surface area contributed by atoms with Gasteiger partial charge in [0.15, 0.2) is 0 Å². The lowest BCUT2D eigenvalue weighted by Crippen LogP contribution is -2.23. The number of aromatic nitrogens is 4. The van der Waals surface area contributed by atoms with Crippen LogP contribution in [0.1, 0.15) is 0 Å². The third-order valence-electron chi connectivity index (χ3n) is 3.79. The number of benzene rings is 2. The Morgan fingerprint density at radius 2 is 2.09 bits per heavy atom. The van der Waals surface area contributed by atoms with E-state index in [0.29, 0.717) is 22.0 Å². The van der Waals surface area contributed by atoms with Crippen LogP contribution in [0.15, 0.2) is 47.4 Å². The predicted octanol–water partition coefficient (Wildman–Crippen LogP) is 2.96. The molecule has 0 saturated heterocycles. The van der Waals surface area contributed by atoms with Crippen LogP contribution >= 0.6 is 11.6 Å². The zero-order valence-corrected chi connectivity index (χ0v) is 12.9. The smallest absolute Gasteiger partial charge is 0.354 e. The summed E-state index contributed by atoms with van der Waals surface area (Å²) in [5.74, 6) is 0.525. The predicted molar refractivity (Wildman–Crippen MR) is 91.5 cm³/mol. The molecule has 0 bridgehead atoms. The van der Waals surface area contributed by atoms with Gasteiger partial charge in [0, 0.05) is 22.8 Å². The first-order chi connectivity index (χ1) is 11.2. The normalized spacial score (nSPS) is 11.2. The lowest BCUT2D eigenvalue weighted by Gasteiger charge is -2.13. The van der Waals surface area contributed by atoms with Crippen molar-refractivity contribution in [2.75, 3.05) is 12.4 Å². The maximum Gasteiger partial charge on any atom is 0.354 e. The maximum absolute atomic E-state index is 12.6. The molecule has 0 fully saturated rings. The van der Waals surface area contributed by atoms with Crippen molar-refractivity contribution < 1.29 is 0 Å². The van der Waals surface area contributed by atoms with E-state index in [1.165, 1.54) is 0 Å². The fraction of sp³-hybridized carbons (Fsp3) is 0.0625. The van der Waals surface area contributed by atoms with E-state index in [1.54, 1.807) is 29.9 Å². The van der Waals surface area contributed by atoms with E-state index in [9.17, 15) is 4.79 Å². The Morgan fingerprint density at radius 1 is 1.22 bits per heavy atom. The highest BCUT2D eigenvalue weighted by Gasteiger charge is 2.14. The molecule has 7 heteroatoms. The average molecular weight is 326 g/mol. The Labute approximate surface area is 135 Å². The van der Waals surface area contributed by atoms with Gasteiger partial charge in [0.25, 0.3) is 0 Å². The Hall–Kier alpha value is -2.86. The van der Waals surface area contributed by atoms with E-state index in [1.807, 2.05) is 24.3 Å². The van der Waals surface area contributed by atoms with Gasteiger partial charge in [0.1, 0.15) is 5.82 Å². The van der Waals surface area contributed by atoms with Crippen LogP contribution in [-0.4, -0.2) is 26.8 Å². The largest absolute Gasteiger partial charge is 0.372 e. The van der Waals surface area contributed by atoms with Gasteiger partial charge in [-0.1, -0.05) is 17.7 Å². The van der Waals surface area contributed by atoms with Crippen LogP contribution in [0.25, 0.3) is 27.5 Å². The number of hydrogen-bond donors (Lipinski definition) is 2. The Balaban J connectivity index is 2.19. The van der Waals surface area contributed by atoms with Crippen LogP contribution in [0, 0.1) is 0 Å². The summed E-state index contributed by atoms with van der Waals surface area (Å²) in [6.45, 7) is 0. The van der Waals surface area contributed by atoms with Crippen LogP contribution in [0.5, 0.6) is 0 Å². The lowest BCUT2D eigenvalue weighted by atomic mass is 10.2. The third kappa shape index (κ3) is 2.07. The van der Waals surface area contributed by atoms with Gasteiger partial charge in [-0.25, -0.2) is 4.79 Å². The molecular formula is C16H12ClN5O. The minimum atomic E-state index is -0.377. The molecule has 2 aromatic heterocycles. The van der Waals surface area contributed by atoms with Crippen molar-refractivity contribution in [1.82, 2.24) is 19.7 Å². The maximum atomic E-state index is 12.6. The summed E-state index contributed by atoms with van der Waals surface area (Å²) in [7, 11) is 1.73. The van der Waals surface area contributed by atoms with Crippen molar-refractivity contribution >= 4 is 39.2 Å². The van der Waals surface area contributed by atoms with Crippen molar-refractivity contribution in [2.24, 2.45) is 0 Å². The van der Waals surface area contributed by atoms with Crippen molar-refractivity contribution in [3.05, 3.63) is 58.1 Å². The van der Waals surface area contributed by atoms with E-state index in [-0.39, 0.29) is 5.69 Å². The van der Waals surface area contributed by atoms with E-state index < -0.39 is 0 Å². The first-order valence-electron chi connectivity index (χ1n) is 7.01. The van der Waals surface area contributed by atoms with Crippen LogP contribution in [-0.2, 0) is 0 Å². The molecule has 4 rings (SSSR count). The molecule has 23 heavy (non-hydrogen) atoms. The van der Waals surface area contributed by atoms with Gasteiger partial charge in [-0.05, 0) is 30.3 Å². The number of nitrogens with one attached hydrogen (secondary N) is 2. The van der Waals surface area contributed by atoms with Gasteiger partial charge in [-0.15, -0.1) is 0 Å². The number of rotatable bonds is 2. The van der Waals surface area contributed by atoms with Crippen molar-refractivity contribution in [1.29, 1.82) is 0 Å². The van der Waals surface area contributed by atoms with Gasteiger partial charge < -0.3 is 5.32 Å². The van der Waals surface area contributed by atoms with Crippen molar-refractivity contribution in [2.45, 2.75) is 0 Å². The Kier molecular flexibility index (Phi) is 3.06. The lowest BCUT2D eigenvalue weighted by molar-refractivity contribution is 0.968. The highest BCUT2D eigenvalue weighted by molar-refractivity contribution is 6.31. The summed E-state index contributed by atoms with van der Waals surface area (Å²) < 4.78 is 1.56. The molecule has 4 aromatic rings. The van der Waals surface area contributed by atoms with Gasteiger partial charge in [-0.3, -0.25) is 9.67 Å². The van der Waals surface area contributed by atoms with Crippen molar-refractivity contribution in [3.8, 4) is 5.69 Å². The van der Waals surface area contributed by atoms with Crippen LogP contribution in [0.2, 0.25) is 5.02 Å². The van der Waals surface area contributed by atoms with Crippen LogP contribution in [0.3, 0.4) is 0 Å². The second-order valence-electron chi connectivity index (χ2n) is 5.10. The van der Waals surface area contributed by atoms with E-state index in [4.69, 9.17) is 11.6 Å². The molecule has 2 N–H and O–H groups in total. The molecule has 0 aliphatic carbocycles. The van der Waals surface area contributed by atoms with Crippen LogP contribution < -0.4 is 11.0 Å². The number of fused-ring (bicyclic) bond motifs is 2. The molecule has 0 atom stereocenters. The Bertz CT molecular complexity index is 1100. The summed E-state index contributed by atoms with van der Waals surface area (Å²) in [6.07, 6.45) is 1.69. The molecule has 0 aliphatic rings. The quantitative estimate of drug-likeness (QED) is 0.594. The summed E-state index contributed by atoms with van der Waals surface area (Å²) in [4.78, 5) is 16.8. The zero-order valence-electron chi connectivity index (χ0n) is 12.2. The fourth-order valence-corrected chi connectivity index (χ4v) is 2.94. The molecule has 114 valence electrons. The topological polar surface area (TPSA) is 75.6 Å². The SMILES string of the molecule is CNc1nc(=O)n(-c2cccc3[nH]ncc23)c2cc(Cl)ccc12. The summed E-state index contributed by atoms with van der Waals surface area (Å²) >= 11 is 6.15. The summed E-state index contributed by atoms with van der Waals surface area (Å²) in [5, 5.41) is 12.1. The van der Waals surface area contributed by atoms with E-state index in [2.05, 4.69) is 20.5 Å². The summed E-state index contributed by atoms with van der Waals surface area (Å²) in [5.41, 5.74) is 1.87. The molecule has 0 amide bonds. The monoisotopic (exact) mass is 325 g/mol. The first kappa shape index (κ1) is 13.8. The number of halogens is 1. The molecule has 0 aliphatic heterocycles. The zero-order chi connectivity index (χ0) is 16.0. The molecule has 2 heterocycles. The summed E-state index contributed by atoms with van der Waals surface area (Å²) in [6, 6.07) is 11.0. The fourth-order valence-electron chi connectivity index (χ4n) is 2.77. The van der Waals surface area contributed by atoms with Crippen molar-refractivity contribution in [3.63, 3.8) is 0 Å². The second kappa shape index (κ2) is 5.10. The number of nitrogens with zero attached hydrogens (tertiary/aromatic N) is 3. The highest BCUT2D eigenvalue weighted by Crippen LogP contribution is 2.27. The van der Waals surface area contributed by atoms with Gasteiger partial charge in [0.05, 0.1) is 22.9 Å². The standard InChI is InChI=1S/C16H12ClN5O/c1-18-15-10-6-5-9(17)7-14(10)22(16(23)20-15)13-4-2-3-12-11(13)8-19-21-12/h2-8H,1H3,(H,19,21)(H,18,20,23). The number of anilines is 1. The molecule has 0 saturated carbocycles. The second-order valence-corrected chi connectivity index (χ2v) is 5.53. The number of aromatic amines is 1. The van der Waals surface area contributed by atoms with Gasteiger partial charge >= 0.3 is 5.69 Å². The third-order valence-corrected chi connectivity index (χ3v) is 4.03. The molecule has 6 nitrogen and oxygen atoms in total. The van der Waals surface area contributed by atoms with E-state index >= 15 is 0 Å². The minimum absolute atomic E-state index is 0.377. The molecular weight excluding hydrogens is 314 g/mol. The average Bonchev–Trinajstić information content (AvgIpc) is 3.03. The van der Waals surface area contributed by atoms with Crippen LogP contribution in [0.4, 0.5) is 5.82 Å². The van der Waals surface area contributed by atoms with Gasteiger partial charge in [-0.2, -0.15) is 10.1 Å². The van der Waals surface area contributed by atoms with E-state index in [0.717, 1.165) is 16.3 Å². The molecule has 0 radical (unpaired) electrons. The number of hydrogen-bond acceptors (Lipinski definition) is 4. The van der Waals surface area contributed by atoms with Gasteiger partial charge in [0.2, 0.25) is 0 Å².